The summed E-state index contributed by atoms with van der Waals surface area (Å²) in [4.78, 5) is 20.3. The molecule has 2 aliphatic rings. The number of nitrogens with zero attached hydrogens (tertiary/aromatic N) is 5. The molecule has 2 aromatic rings. The van der Waals surface area contributed by atoms with E-state index in [-0.39, 0.29) is 30.1 Å². The Hall–Kier alpha value is -1.46. The van der Waals surface area contributed by atoms with Crippen LogP contribution in [-0.2, 0) is 30.7 Å². The van der Waals surface area contributed by atoms with Gasteiger partial charge in [-0.15, -0.1) is 35.3 Å². The minimum atomic E-state index is 0. The summed E-state index contributed by atoms with van der Waals surface area (Å²) in [5.41, 5.74) is 2.49. The molecule has 0 aromatic carbocycles. The number of pyridine rings is 1. The number of hydrogen-bond donors (Lipinski definition) is 1. The Morgan fingerprint density at radius 1 is 1.38 bits per heavy atom. The summed E-state index contributed by atoms with van der Waals surface area (Å²) in [7, 11) is 2.09. The predicted molar refractivity (Wildman–Crippen MR) is 142 cm³/mol. The monoisotopic (exact) mass is 570 g/mol. The molecule has 1 atom stereocenters. The second-order valence-electron chi connectivity index (χ2n) is 8.36. The van der Waals surface area contributed by atoms with Crippen molar-refractivity contribution in [2.45, 2.75) is 58.7 Å². The average Bonchev–Trinajstić information content (AvgIpc) is 3.19. The molecule has 2 aromatic heterocycles. The first kappa shape index (κ1) is 25.2. The van der Waals surface area contributed by atoms with Crippen LogP contribution in [0, 0.1) is 0 Å². The summed E-state index contributed by atoms with van der Waals surface area (Å²) in [6.07, 6.45) is 7.02. The van der Waals surface area contributed by atoms with Gasteiger partial charge in [0.25, 0.3) is 0 Å². The Bertz CT molecular complexity index is 881. The first-order chi connectivity index (χ1) is 15.1. The van der Waals surface area contributed by atoms with Crippen molar-refractivity contribution < 1.29 is 4.74 Å². The number of guanidine groups is 1. The van der Waals surface area contributed by atoms with Gasteiger partial charge in [-0.25, -0.2) is 15.0 Å². The van der Waals surface area contributed by atoms with Crippen LogP contribution in [0.4, 0.5) is 5.82 Å². The lowest BCUT2D eigenvalue weighted by Crippen LogP contribution is -2.41. The second-order valence-corrected chi connectivity index (χ2v) is 9.53. The summed E-state index contributed by atoms with van der Waals surface area (Å²) < 4.78 is 5.66. The van der Waals surface area contributed by atoms with Crippen molar-refractivity contribution in [1.82, 2.24) is 20.2 Å². The molecule has 1 fully saturated rings. The molecule has 1 aliphatic carbocycles. The van der Waals surface area contributed by atoms with E-state index >= 15 is 0 Å². The standard InChI is InChI=1S/C23H34N6OS.HI/c1-4-24-23(28(3)16-22-27-19-7-5-6-8-20(19)31-22)26-14-18-9-10-25-21(13-18)29-11-12-30-17(2)15-29;/h9-10,13,17H,4-8,11-12,14-16H2,1-3H3,(H,24,26);1H. The predicted octanol–water partition coefficient (Wildman–Crippen LogP) is 3.86. The van der Waals surface area contributed by atoms with Crippen LogP contribution >= 0.6 is 35.3 Å². The highest BCUT2D eigenvalue weighted by molar-refractivity contribution is 14.0. The van der Waals surface area contributed by atoms with Crippen LogP contribution in [0.25, 0.3) is 0 Å². The number of hydrogen-bond acceptors (Lipinski definition) is 6. The van der Waals surface area contributed by atoms with E-state index in [1.165, 1.54) is 34.8 Å². The van der Waals surface area contributed by atoms with E-state index in [1.807, 2.05) is 17.5 Å². The molecular formula is C23H35IN6OS. The fourth-order valence-corrected chi connectivity index (χ4v) is 5.36. The molecule has 0 spiro atoms. The third-order valence-corrected chi connectivity index (χ3v) is 6.89. The Balaban J connectivity index is 0.00000289. The van der Waals surface area contributed by atoms with Crippen molar-refractivity contribution in [3.63, 3.8) is 0 Å². The minimum absolute atomic E-state index is 0. The highest BCUT2D eigenvalue weighted by atomic mass is 127. The number of ether oxygens (including phenoxy) is 1. The Morgan fingerprint density at radius 3 is 3.00 bits per heavy atom. The van der Waals surface area contributed by atoms with E-state index in [0.29, 0.717) is 6.54 Å². The highest BCUT2D eigenvalue weighted by Gasteiger charge is 2.19. The molecule has 0 amide bonds. The number of aryl methyl sites for hydroxylation is 2. The van der Waals surface area contributed by atoms with E-state index in [1.54, 1.807) is 0 Å². The van der Waals surface area contributed by atoms with Crippen LogP contribution in [0.2, 0.25) is 0 Å². The third kappa shape index (κ3) is 6.54. The van der Waals surface area contributed by atoms with Crippen LogP contribution in [0.5, 0.6) is 0 Å². The summed E-state index contributed by atoms with van der Waals surface area (Å²) in [6, 6.07) is 4.20. The van der Waals surface area contributed by atoms with Gasteiger partial charge < -0.3 is 19.9 Å². The Morgan fingerprint density at radius 2 is 2.22 bits per heavy atom. The fraction of sp³-hybridized carbons (Fsp3) is 0.609. The number of halogens is 1. The maximum absolute atomic E-state index is 5.66. The first-order valence-corrected chi connectivity index (χ1v) is 12.2. The average molecular weight is 571 g/mol. The molecule has 0 bridgehead atoms. The molecule has 9 heteroatoms. The zero-order valence-electron chi connectivity index (χ0n) is 19.3. The van der Waals surface area contributed by atoms with Crippen LogP contribution in [0.1, 0.15) is 47.8 Å². The van der Waals surface area contributed by atoms with Crippen LogP contribution in [0.15, 0.2) is 23.3 Å². The number of nitrogens with one attached hydrogen (secondary N) is 1. The van der Waals surface area contributed by atoms with Crippen LogP contribution in [-0.4, -0.2) is 60.2 Å². The smallest absolute Gasteiger partial charge is 0.194 e. The van der Waals surface area contributed by atoms with Crippen molar-refractivity contribution in [2.75, 3.05) is 38.2 Å². The summed E-state index contributed by atoms with van der Waals surface area (Å²) in [5, 5.41) is 4.62. The van der Waals surface area contributed by atoms with E-state index in [4.69, 9.17) is 14.7 Å². The number of thiazole rings is 1. The molecule has 1 aliphatic heterocycles. The largest absolute Gasteiger partial charge is 0.375 e. The van der Waals surface area contributed by atoms with Crippen LogP contribution < -0.4 is 10.2 Å². The number of fused-ring (bicyclic) bond motifs is 1. The maximum Gasteiger partial charge on any atom is 0.194 e. The molecule has 1 saturated heterocycles. The number of aromatic nitrogens is 2. The van der Waals surface area contributed by atoms with E-state index < -0.39 is 0 Å². The number of rotatable bonds is 6. The van der Waals surface area contributed by atoms with E-state index in [9.17, 15) is 0 Å². The van der Waals surface area contributed by atoms with Crippen molar-refractivity contribution >= 4 is 47.1 Å². The lowest BCUT2D eigenvalue weighted by atomic mass is 10.0. The van der Waals surface area contributed by atoms with Crippen molar-refractivity contribution in [1.29, 1.82) is 0 Å². The Labute approximate surface area is 212 Å². The summed E-state index contributed by atoms with van der Waals surface area (Å²) >= 11 is 1.87. The molecule has 3 heterocycles. The molecule has 0 saturated carbocycles. The number of morpholine rings is 1. The molecule has 4 rings (SSSR count). The molecule has 176 valence electrons. The zero-order valence-corrected chi connectivity index (χ0v) is 22.5. The second kappa shape index (κ2) is 12.1. The Kier molecular flexibility index (Phi) is 9.54. The van der Waals surface area contributed by atoms with Gasteiger partial charge in [0.2, 0.25) is 0 Å². The lowest BCUT2D eigenvalue weighted by molar-refractivity contribution is 0.0529. The van der Waals surface area contributed by atoms with Crippen molar-refractivity contribution in [3.05, 3.63) is 39.5 Å². The van der Waals surface area contributed by atoms with Gasteiger partial charge in [0, 0.05) is 37.8 Å². The van der Waals surface area contributed by atoms with E-state index in [0.717, 1.165) is 56.5 Å². The van der Waals surface area contributed by atoms with Gasteiger partial charge in [0.05, 0.1) is 31.5 Å². The molecule has 32 heavy (non-hydrogen) atoms. The van der Waals surface area contributed by atoms with Crippen molar-refractivity contribution in [2.24, 2.45) is 4.99 Å². The molecular weight excluding hydrogens is 535 g/mol. The van der Waals surface area contributed by atoms with Gasteiger partial charge in [0.15, 0.2) is 5.96 Å². The first-order valence-electron chi connectivity index (χ1n) is 11.4. The quantitative estimate of drug-likeness (QED) is 0.324. The van der Waals surface area contributed by atoms with Gasteiger partial charge in [0.1, 0.15) is 10.8 Å². The molecule has 0 radical (unpaired) electrons. The van der Waals surface area contributed by atoms with Gasteiger partial charge in [-0.1, -0.05) is 0 Å². The van der Waals surface area contributed by atoms with Gasteiger partial charge >= 0.3 is 0 Å². The molecule has 1 N–H and O–H groups in total. The summed E-state index contributed by atoms with van der Waals surface area (Å²) in [5.74, 6) is 1.92. The number of anilines is 1. The molecule has 1 unspecified atom stereocenters. The fourth-order valence-electron chi connectivity index (χ4n) is 4.15. The van der Waals surface area contributed by atoms with Crippen LogP contribution in [0.3, 0.4) is 0 Å². The highest BCUT2D eigenvalue weighted by Crippen LogP contribution is 2.27. The molecule has 7 nitrogen and oxygen atoms in total. The lowest BCUT2D eigenvalue weighted by Gasteiger charge is -2.32. The number of aliphatic imine (C=N–C) groups is 1. The normalized spacial score (nSPS) is 18.7. The SMILES string of the molecule is CCNC(=NCc1ccnc(N2CCOC(C)C2)c1)N(C)Cc1nc2c(s1)CCCC2.I. The van der Waals surface area contributed by atoms with Gasteiger partial charge in [-0.3, -0.25) is 0 Å². The van der Waals surface area contributed by atoms with Gasteiger partial charge in [-0.05, 0) is 57.2 Å². The van der Waals surface area contributed by atoms with Crippen molar-refractivity contribution in [3.8, 4) is 0 Å². The minimum Gasteiger partial charge on any atom is -0.375 e. The topological polar surface area (TPSA) is 65.9 Å². The zero-order chi connectivity index (χ0) is 21.6. The maximum atomic E-state index is 5.66. The van der Waals surface area contributed by atoms with Gasteiger partial charge in [-0.2, -0.15) is 0 Å². The van der Waals surface area contributed by atoms with E-state index in [2.05, 4.69) is 53.1 Å². The third-order valence-electron chi connectivity index (χ3n) is 5.75. The summed E-state index contributed by atoms with van der Waals surface area (Å²) in [6.45, 7) is 8.97.